The van der Waals surface area contributed by atoms with Crippen LogP contribution in [-0.4, -0.2) is 31.7 Å². The van der Waals surface area contributed by atoms with Crippen LogP contribution in [0.2, 0.25) is 0 Å². The van der Waals surface area contributed by atoms with Gasteiger partial charge in [0.2, 0.25) is 16.2 Å². The SMILES string of the molecule is COc1ccccc1-c1c(C(F)C(F)F)nn(-c2ccccc2)c1-c1ccc(S(N)(=O)=O)cc1. The summed E-state index contributed by atoms with van der Waals surface area (Å²) in [6, 6.07) is 20.8. The van der Waals surface area contributed by atoms with Crippen molar-refractivity contribution in [1.82, 2.24) is 9.78 Å². The summed E-state index contributed by atoms with van der Waals surface area (Å²) in [6.45, 7) is 0. The number of rotatable bonds is 7. The Balaban J connectivity index is 2.10. The van der Waals surface area contributed by atoms with Crippen molar-refractivity contribution in [3.05, 3.63) is 84.6 Å². The Hall–Kier alpha value is -3.63. The van der Waals surface area contributed by atoms with E-state index in [-0.39, 0.29) is 16.2 Å². The van der Waals surface area contributed by atoms with E-state index in [1.54, 1.807) is 54.6 Å². The highest BCUT2D eigenvalue weighted by molar-refractivity contribution is 7.89. The first-order valence-corrected chi connectivity index (χ1v) is 11.6. The zero-order valence-electron chi connectivity index (χ0n) is 17.9. The van der Waals surface area contributed by atoms with Gasteiger partial charge in [-0.25, -0.2) is 31.4 Å². The van der Waals surface area contributed by atoms with Gasteiger partial charge in [0.25, 0.3) is 6.43 Å². The summed E-state index contributed by atoms with van der Waals surface area (Å²) in [5.41, 5.74) is 1.20. The molecule has 4 aromatic rings. The van der Waals surface area contributed by atoms with E-state index in [9.17, 15) is 21.6 Å². The first-order chi connectivity index (χ1) is 16.2. The van der Waals surface area contributed by atoms with Crippen LogP contribution in [0.4, 0.5) is 13.2 Å². The summed E-state index contributed by atoms with van der Waals surface area (Å²) in [5.74, 6) is 0.334. The number of aromatic nitrogens is 2. The van der Waals surface area contributed by atoms with Crippen LogP contribution in [0.3, 0.4) is 0 Å². The number of sulfonamides is 1. The molecule has 0 aliphatic heterocycles. The molecule has 10 heteroatoms. The van der Waals surface area contributed by atoms with Crippen LogP contribution in [0.1, 0.15) is 11.9 Å². The smallest absolute Gasteiger partial charge is 0.275 e. The van der Waals surface area contributed by atoms with Crippen molar-refractivity contribution in [2.45, 2.75) is 17.5 Å². The number of primary sulfonamides is 1. The molecule has 1 aromatic heterocycles. The minimum atomic E-state index is -3.96. The monoisotopic (exact) mass is 487 g/mol. The zero-order valence-corrected chi connectivity index (χ0v) is 18.7. The summed E-state index contributed by atoms with van der Waals surface area (Å²) >= 11 is 0. The van der Waals surface area contributed by atoms with E-state index in [2.05, 4.69) is 5.10 Å². The highest BCUT2D eigenvalue weighted by Gasteiger charge is 2.33. The predicted octanol–water partition coefficient (Wildman–Crippen LogP) is 5.14. The van der Waals surface area contributed by atoms with Crippen LogP contribution >= 0.6 is 0 Å². The first-order valence-electron chi connectivity index (χ1n) is 10.1. The van der Waals surface area contributed by atoms with Crippen LogP contribution in [0.25, 0.3) is 28.1 Å². The van der Waals surface area contributed by atoms with Crippen LogP contribution in [0.15, 0.2) is 83.8 Å². The second-order valence-electron chi connectivity index (χ2n) is 7.36. The maximum atomic E-state index is 14.9. The molecule has 34 heavy (non-hydrogen) atoms. The van der Waals surface area contributed by atoms with Gasteiger partial charge in [-0.15, -0.1) is 0 Å². The van der Waals surface area contributed by atoms with Crippen molar-refractivity contribution in [2.24, 2.45) is 5.14 Å². The fourth-order valence-electron chi connectivity index (χ4n) is 3.69. The molecule has 1 unspecified atom stereocenters. The lowest BCUT2D eigenvalue weighted by molar-refractivity contribution is 0.0473. The maximum absolute atomic E-state index is 14.9. The molecule has 0 saturated carbocycles. The minimum Gasteiger partial charge on any atom is -0.496 e. The number of nitrogens with two attached hydrogens (primary N) is 1. The third-order valence-corrected chi connectivity index (χ3v) is 6.16. The van der Waals surface area contributed by atoms with Crippen molar-refractivity contribution in [2.75, 3.05) is 7.11 Å². The van der Waals surface area contributed by atoms with Gasteiger partial charge in [-0.2, -0.15) is 5.10 Å². The Morgan fingerprint density at radius 1 is 0.912 bits per heavy atom. The third-order valence-electron chi connectivity index (χ3n) is 5.23. The lowest BCUT2D eigenvalue weighted by Gasteiger charge is -2.14. The van der Waals surface area contributed by atoms with Gasteiger partial charge in [-0.1, -0.05) is 48.5 Å². The van der Waals surface area contributed by atoms with E-state index < -0.39 is 28.3 Å². The molecular formula is C24H20F3N3O3S. The number of nitrogens with zero attached hydrogens (tertiary/aromatic N) is 2. The van der Waals surface area contributed by atoms with Gasteiger partial charge in [-0.3, -0.25) is 0 Å². The van der Waals surface area contributed by atoms with Gasteiger partial charge in [-0.05, 0) is 30.3 Å². The second kappa shape index (κ2) is 9.32. The van der Waals surface area contributed by atoms with Crippen LogP contribution in [-0.2, 0) is 10.0 Å². The van der Waals surface area contributed by atoms with Gasteiger partial charge < -0.3 is 4.74 Å². The molecule has 0 spiro atoms. The fraction of sp³-hybridized carbons (Fsp3) is 0.125. The average Bonchev–Trinajstić information content (AvgIpc) is 3.23. The normalized spacial score (nSPS) is 12.6. The standard InChI is InChI=1S/C24H20F3N3O3S/c1-33-19-10-6-5-9-18(19)20-22(21(25)24(26)27)29-30(16-7-3-2-4-8-16)23(20)15-11-13-17(14-12-15)34(28,31)32/h2-14,21,24H,1H3,(H2,28,31,32). The largest absolute Gasteiger partial charge is 0.496 e. The molecule has 3 aromatic carbocycles. The van der Waals surface area contributed by atoms with Crippen molar-refractivity contribution in [1.29, 1.82) is 0 Å². The minimum absolute atomic E-state index is 0.109. The lowest BCUT2D eigenvalue weighted by atomic mass is 9.96. The second-order valence-corrected chi connectivity index (χ2v) is 8.92. The van der Waals surface area contributed by atoms with Crippen molar-refractivity contribution in [3.63, 3.8) is 0 Å². The van der Waals surface area contributed by atoms with Crippen LogP contribution < -0.4 is 9.88 Å². The van der Waals surface area contributed by atoms with Crippen molar-refractivity contribution in [3.8, 4) is 33.8 Å². The molecule has 6 nitrogen and oxygen atoms in total. The number of hydrogen-bond acceptors (Lipinski definition) is 4. The molecule has 2 N–H and O–H groups in total. The average molecular weight is 488 g/mol. The number of benzene rings is 3. The molecular weight excluding hydrogens is 467 g/mol. The Labute approximate surface area is 194 Å². The Bertz CT molecular complexity index is 1410. The number of alkyl halides is 3. The Kier molecular flexibility index (Phi) is 6.45. The molecule has 0 radical (unpaired) electrons. The number of hydrogen-bond donors (Lipinski definition) is 1. The summed E-state index contributed by atoms with van der Waals surface area (Å²) in [5, 5.41) is 9.47. The Morgan fingerprint density at radius 3 is 2.12 bits per heavy atom. The van der Waals surface area contributed by atoms with Gasteiger partial charge in [0.1, 0.15) is 11.4 Å². The molecule has 0 amide bonds. The van der Waals surface area contributed by atoms with E-state index in [1.807, 2.05) is 0 Å². The topological polar surface area (TPSA) is 87.2 Å². The molecule has 0 bridgehead atoms. The Morgan fingerprint density at radius 2 is 1.53 bits per heavy atom. The summed E-state index contributed by atoms with van der Waals surface area (Å²) in [7, 11) is -2.54. The lowest BCUT2D eigenvalue weighted by Crippen LogP contribution is -2.11. The molecule has 0 aliphatic carbocycles. The maximum Gasteiger partial charge on any atom is 0.275 e. The van der Waals surface area contributed by atoms with E-state index >= 15 is 0 Å². The number of ether oxygens (including phenoxy) is 1. The fourth-order valence-corrected chi connectivity index (χ4v) is 4.20. The van der Waals surface area contributed by atoms with Gasteiger partial charge >= 0.3 is 0 Å². The quantitative estimate of drug-likeness (QED) is 0.391. The molecule has 0 aliphatic rings. The highest BCUT2D eigenvalue weighted by Crippen LogP contribution is 2.44. The third kappa shape index (κ3) is 4.42. The van der Waals surface area contributed by atoms with Gasteiger partial charge in [0, 0.05) is 16.7 Å². The summed E-state index contributed by atoms with van der Waals surface area (Å²) in [4.78, 5) is -0.128. The summed E-state index contributed by atoms with van der Waals surface area (Å²) in [6.07, 6.45) is -5.99. The van der Waals surface area contributed by atoms with Crippen molar-refractivity contribution >= 4 is 10.0 Å². The van der Waals surface area contributed by atoms with E-state index in [0.717, 1.165) is 0 Å². The van der Waals surface area contributed by atoms with E-state index in [1.165, 1.54) is 36.1 Å². The van der Waals surface area contributed by atoms with Crippen molar-refractivity contribution < 1.29 is 26.3 Å². The van der Waals surface area contributed by atoms with E-state index in [0.29, 0.717) is 22.6 Å². The van der Waals surface area contributed by atoms with Crippen LogP contribution in [0, 0.1) is 0 Å². The molecule has 1 heterocycles. The predicted molar refractivity (Wildman–Crippen MR) is 122 cm³/mol. The molecule has 0 saturated heterocycles. The number of para-hydroxylation sites is 2. The summed E-state index contributed by atoms with van der Waals surface area (Å²) < 4.78 is 72.3. The highest BCUT2D eigenvalue weighted by atomic mass is 32.2. The molecule has 176 valence electrons. The molecule has 1 atom stereocenters. The van der Waals surface area contributed by atoms with Gasteiger partial charge in [0.15, 0.2) is 0 Å². The van der Waals surface area contributed by atoms with E-state index in [4.69, 9.17) is 9.88 Å². The number of methoxy groups -OCH3 is 1. The van der Waals surface area contributed by atoms with Gasteiger partial charge in [0.05, 0.1) is 23.4 Å². The zero-order chi connectivity index (χ0) is 24.5. The molecule has 4 rings (SSSR count). The molecule has 0 fully saturated rings. The number of halogens is 3. The first kappa shape index (κ1) is 23.5. The van der Waals surface area contributed by atoms with Crippen LogP contribution in [0.5, 0.6) is 5.75 Å².